The fourth-order valence-electron chi connectivity index (χ4n) is 7.32. The predicted molar refractivity (Wildman–Crippen MR) is 127 cm³/mol. The Hall–Kier alpha value is -2.21. The molecule has 3 heterocycles. The molecule has 2 saturated carbocycles. The molecular weight excluding hydrogens is 482 g/mol. The van der Waals surface area contributed by atoms with E-state index in [1.165, 1.54) is 0 Å². The van der Waals surface area contributed by atoms with Gasteiger partial charge in [-0.3, -0.25) is 4.90 Å². The Bertz CT molecular complexity index is 1310. The summed E-state index contributed by atoms with van der Waals surface area (Å²) in [7, 11) is 0. The van der Waals surface area contributed by atoms with Crippen LogP contribution in [0.1, 0.15) is 47.3 Å². The maximum atomic E-state index is 12.5. The van der Waals surface area contributed by atoms with Crippen LogP contribution in [-0.2, 0) is 21.4 Å². The molecule has 0 amide bonds. The third kappa shape index (κ3) is 3.11. The normalized spacial score (nSPS) is 46.6. The number of aliphatic carboxylic acids is 1. The van der Waals surface area contributed by atoms with E-state index in [0.717, 1.165) is 16.7 Å². The van der Waals surface area contributed by atoms with E-state index in [9.17, 15) is 30.3 Å². The number of carboxylic acid groups (broad SMARTS) is 1. The van der Waals surface area contributed by atoms with Crippen molar-refractivity contribution in [2.75, 3.05) is 13.0 Å². The minimum absolute atomic E-state index is 0.119. The topological polar surface area (TPSA) is 149 Å². The number of likely N-dealkylation sites (tertiary alicyclic amines) is 1. The quantitative estimate of drug-likeness (QED) is 0.339. The Labute approximate surface area is 218 Å². The summed E-state index contributed by atoms with van der Waals surface area (Å²) in [5.74, 6) is -2.30. The number of benzene rings is 1. The molecule has 0 radical (unpaired) electrons. The minimum Gasteiger partial charge on any atom is -0.481 e. The van der Waals surface area contributed by atoms with E-state index in [1.54, 1.807) is 17.0 Å². The number of hydrogen-bond acceptors (Lipinski definition) is 9. The fraction of sp³-hybridized carbons (Fsp3) is 0.667. The molecule has 6 aliphatic rings. The van der Waals surface area contributed by atoms with Gasteiger partial charge in [-0.1, -0.05) is 12.6 Å². The standard InChI is InChI=1S/C27H33NO9/c1-12-6-7-27(34)16-10-14-4-5-15(35-25-20(31)18(29)19(30)22(37-25)24(32)33)21-17(14)26(27,23(12)36-21)8-9-28(16)11-13-2-3-13/h4-5,13,16,18-20,22-23,25,29-31,34H,1-3,6-11H2,(H,32,33)/t16-,18+,19+,20-,22+,23+,25-,26+,27-/m1/s1/i11D2,13D. The molecular formula is C27H33NO9. The number of rotatable bonds is 5. The molecule has 200 valence electrons. The summed E-state index contributed by atoms with van der Waals surface area (Å²) in [5, 5.41) is 52.8. The lowest BCUT2D eigenvalue weighted by molar-refractivity contribution is -0.271. The van der Waals surface area contributed by atoms with Gasteiger partial charge in [0.2, 0.25) is 6.29 Å². The van der Waals surface area contributed by atoms with Crippen LogP contribution in [0.5, 0.6) is 11.5 Å². The lowest BCUT2D eigenvalue weighted by atomic mass is 9.48. The van der Waals surface area contributed by atoms with E-state index in [1.807, 2.05) is 0 Å². The highest BCUT2D eigenvalue weighted by atomic mass is 16.7. The van der Waals surface area contributed by atoms with Crippen molar-refractivity contribution in [2.45, 2.75) is 92.4 Å². The van der Waals surface area contributed by atoms with E-state index in [-0.39, 0.29) is 5.75 Å². The average molecular weight is 519 g/mol. The van der Waals surface area contributed by atoms with Gasteiger partial charge in [0.15, 0.2) is 17.6 Å². The second-order valence-corrected chi connectivity index (χ2v) is 11.2. The molecule has 1 aromatic rings. The van der Waals surface area contributed by atoms with Crippen LogP contribution in [0.25, 0.3) is 0 Å². The van der Waals surface area contributed by atoms with Crippen molar-refractivity contribution in [1.82, 2.24) is 4.90 Å². The van der Waals surface area contributed by atoms with Crippen molar-refractivity contribution >= 4 is 5.97 Å². The van der Waals surface area contributed by atoms with Gasteiger partial charge < -0.3 is 39.7 Å². The summed E-state index contributed by atoms with van der Waals surface area (Å²) < 4.78 is 44.2. The molecule has 2 saturated heterocycles. The number of piperidine rings is 1. The third-order valence-corrected chi connectivity index (χ3v) is 9.25. The SMILES string of the molecule is [2H]C1(C([2H])([2H])N2CC[C@]34c5c6ccc(O[C@@H]7O[C@H](C(=O)O)[C@@H](O)[C@H](O)[C@H]7O)c5O[C@H]3C(=C)CC[C@@]4(O)[C@H]2C6)CC1. The first kappa shape index (κ1) is 20.7. The van der Waals surface area contributed by atoms with Crippen molar-refractivity contribution in [3.8, 4) is 11.5 Å². The number of carboxylic acids is 1. The number of ether oxygens (including phenoxy) is 3. The number of hydrogen-bond donors (Lipinski definition) is 5. The van der Waals surface area contributed by atoms with Crippen molar-refractivity contribution in [1.29, 1.82) is 0 Å². The highest BCUT2D eigenvalue weighted by Crippen LogP contribution is 2.66. The molecule has 5 N–H and O–H groups in total. The lowest BCUT2D eigenvalue weighted by Gasteiger charge is -2.63. The molecule has 0 unspecified atom stereocenters. The summed E-state index contributed by atoms with van der Waals surface area (Å²) in [6.07, 6.45) is -7.06. The highest BCUT2D eigenvalue weighted by Gasteiger charge is 2.72. The van der Waals surface area contributed by atoms with E-state index >= 15 is 0 Å². The van der Waals surface area contributed by atoms with Gasteiger partial charge in [0.1, 0.15) is 24.4 Å². The Kier molecular flexibility index (Phi) is 4.43. The lowest BCUT2D eigenvalue weighted by Crippen LogP contribution is -2.75. The van der Waals surface area contributed by atoms with Gasteiger partial charge in [0, 0.05) is 22.2 Å². The van der Waals surface area contributed by atoms with Gasteiger partial charge in [0.05, 0.1) is 11.0 Å². The summed E-state index contributed by atoms with van der Waals surface area (Å²) in [6.45, 7) is 2.64. The Morgan fingerprint density at radius 1 is 1.24 bits per heavy atom. The summed E-state index contributed by atoms with van der Waals surface area (Å²) in [5.41, 5.74) is 0.0390. The molecule has 3 aliphatic carbocycles. The second-order valence-electron chi connectivity index (χ2n) is 11.2. The molecule has 2 bridgehead atoms. The molecule has 3 aliphatic heterocycles. The Morgan fingerprint density at radius 3 is 2.76 bits per heavy atom. The fourth-order valence-corrected chi connectivity index (χ4v) is 7.32. The highest BCUT2D eigenvalue weighted by molar-refractivity contribution is 5.73. The van der Waals surface area contributed by atoms with Crippen LogP contribution < -0.4 is 9.47 Å². The van der Waals surface area contributed by atoms with Crippen LogP contribution in [-0.4, -0.2) is 97.9 Å². The van der Waals surface area contributed by atoms with Crippen LogP contribution in [0.4, 0.5) is 0 Å². The number of aliphatic hydroxyl groups is 4. The summed E-state index contributed by atoms with van der Waals surface area (Å²) in [4.78, 5) is 13.3. The summed E-state index contributed by atoms with van der Waals surface area (Å²) in [6, 6.07) is 2.79. The first-order valence-electron chi connectivity index (χ1n) is 14.4. The maximum absolute atomic E-state index is 12.5. The van der Waals surface area contributed by atoms with Crippen LogP contribution in [0.3, 0.4) is 0 Å². The van der Waals surface area contributed by atoms with Gasteiger partial charge in [-0.05, 0) is 68.2 Å². The van der Waals surface area contributed by atoms with E-state index in [2.05, 4.69) is 6.58 Å². The van der Waals surface area contributed by atoms with Crippen LogP contribution in [0, 0.1) is 5.89 Å². The number of nitrogens with zero attached hydrogens (tertiary/aromatic N) is 1. The van der Waals surface area contributed by atoms with Gasteiger partial charge in [-0.2, -0.15) is 0 Å². The first-order valence-corrected chi connectivity index (χ1v) is 12.9. The van der Waals surface area contributed by atoms with Crippen molar-refractivity contribution in [2.24, 2.45) is 5.89 Å². The zero-order chi connectivity index (χ0) is 28.6. The minimum atomic E-state index is -1.91. The molecule has 9 atom stereocenters. The molecule has 1 aromatic carbocycles. The Balaban J connectivity index is 1.30. The zero-order valence-corrected chi connectivity index (χ0v) is 20.2. The zero-order valence-electron chi connectivity index (χ0n) is 23.2. The number of carbonyl (C=O) groups is 1. The summed E-state index contributed by atoms with van der Waals surface area (Å²) >= 11 is 0. The third-order valence-electron chi connectivity index (χ3n) is 9.25. The molecule has 4 fully saturated rings. The van der Waals surface area contributed by atoms with Crippen molar-refractivity contribution in [3.63, 3.8) is 0 Å². The van der Waals surface area contributed by atoms with Crippen molar-refractivity contribution in [3.05, 3.63) is 35.4 Å². The first-order chi connectivity index (χ1) is 18.8. The largest absolute Gasteiger partial charge is 0.481 e. The van der Waals surface area contributed by atoms with E-state index < -0.39 is 72.2 Å². The van der Waals surface area contributed by atoms with Crippen LogP contribution in [0.2, 0.25) is 0 Å². The van der Waals surface area contributed by atoms with Crippen LogP contribution in [0.15, 0.2) is 24.3 Å². The molecule has 1 spiro atoms. The second kappa shape index (κ2) is 7.91. The van der Waals surface area contributed by atoms with Gasteiger partial charge in [0.25, 0.3) is 0 Å². The molecule has 10 heteroatoms. The monoisotopic (exact) mass is 518 g/mol. The smallest absolute Gasteiger partial charge is 0.335 e. The van der Waals surface area contributed by atoms with Gasteiger partial charge >= 0.3 is 5.97 Å². The van der Waals surface area contributed by atoms with Gasteiger partial charge in [-0.15, -0.1) is 0 Å². The molecule has 7 rings (SSSR count). The van der Waals surface area contributed by atoms with Gasteiger partial charge in [-0.25, -0.2) is 4.79 Å². The molecule has 10 nitrogen and oxygen atoms in total. The molecule has 37 heavy (non-hydrogen) atoms. The predicted octanol–water partition coefficient (Wildman–Crippen LogP) is 0.0779. The number of aliphatic hydroxyl groups excluding tert-OH is 3. The van der Waals surface area contributed by atoms with E-state index in [0.29, 0.717) is 50.8 Å². The van der Waals surface area contributed by atoms with Crippen LogP contribution >= 0.6 is 0 Å². The van der Waals surface area contributed by atoms with E-state index in [4.69, 9.17) is 18.3 Å². The maximum Gasteiger partial charge on any atom is 0.335 e. The average Bonchev–Trinajstić information content (AvgIpc) is 3.56. The molecule has 0 aromatic heterocycles. The Morgan fingerprint density at radius 2 is 2.03 bits per heavy atom. The van der Waals surface area contributed by atoms with Crippen molar-refractivity contribution < 1.29 is 48.7 Å².